The quantitative estimate of drug-likeness (QED) is 0.581. The molecule has 2 atom stereocenters. The van der Waals surface area contributed by atoms with E-state index in [9.17, 15) is 0 Å². The third-order valence-electron chi connectivity index (χ3n) is 6.86. The fraction of sp³-hybridized carbons (Fsp3) is 0.478. The third-order valence-corrected chi connectivity index (χ3v) is 8.31. The van der Waals surface area contributed by atoms with E-state index in [0.29, 0.717) is 10.2 Å². The molecule has 3 aromatic rings. The minimum atomic E-state index is 0.0846. The molecule has 0 radical (unpaired) electrons. The number of piperidine rings is 1. The van der Waals surface area contributed by atoms with Crippen LogP contribution in [0.25, 0.3) is 11.3 Å². The van der Waals surface area contributed by atoms with Crippen LogP contribution in [0.15, 0.2) is 46.7 Å². The first kappa shape index (κ1) is 22.6. The predicted octanol–water partition coefficient (Wildman–Crippen LogP) is 3.89. The van der Waals surface area contributed by atoms with E-state index in [1.54, 1.807) is 6.20 Å². The fourth-order valence-corrected chi connectivity index (χ4v) is 5.74. The van der Waals surface area contributed by atoms with E-state index in [0.717, 1.165) is 61.1 Å². The van der Waals surface area contributed by atoms with Gasteiger partial charge in [-0.1, -0.05) is 23.7 Å². The van der Waals surface area contributed by atoms with Gasteiger partial charge in [0.1, 0.15) is 0 Å². The molecule has 2 aliphatic heterocycles. The van der Waals surface area contributed by atoms with Crippen LogP contribution in [0.3, 0.4) is 0 Å². The standard InChI is InChI=1S/C23H28ClN7OS/c1-3-31-10-7-17(29-31)16-5-4-6-18(20(16)24)33-22-26-13-19(27-28-22)30-11-8-23(9-12-30)14-32-15(2)21(23)25/h4-7,10,13,15,21H,3,8-9,11-12,14,25H2,1-2H3/t15-,21+/m0/s1. The highest BCUT2D eigenvalue weighted by molar-refractivity contribution is 7.99. The fourth-order valence-electron chi connectivity index (χ4n) is 4.67. The summed E-state index contributed by atoms with van der Waals surface area (Å²) in [6, 6.07) is 7.97. The summed E-state index contributed by atoms with van der Waals surface area (Å²) >= 11 is 8.11. The Labute approximate surface area is 202 Å². The number of ether oxygens (including phenoxy) is 1. The molecule has 0 amide bonds. The Morgan fingerprint density at radius 1 is 1.24 bits per heavy atom. The van der Waals surface area contributed by atoms with Gasteiger partial charge < -0.3 is 15.4 Å². The monoisotopic (exact) mass is 485 g/mol. The molecule has 0 unspecified atom stereocenters. The number of benzene rings is 1. The molecule has 5 rings (SSSR count). The Morgan fingerprint density at radius 2 is 2.06 bits per heavy atom. The van der Waals surface area contributed by atoms with Crippen LogP contribution in [0, 0.1) is 5.41 Å². The highest BCUT2D eigenvalue weighted by Gasteiger charge is 2.47. The van der Waals surface area contributed by atoms with Crippen LogP contribution in [0.1, 0.15) is 26.7 Å². The molecule has 0 bridgehead atoms. The van der Waals surface area contributed by atoms with Crippen molar-refractivity contribution in [3.05, 3.63) is 41.7 Å². The van der Waals surface area contributed by atoms with Crippen molar-refractivity contribution in [1.82, 2.24) is 25.0 Å². The molecule has 1 aromatic carbocycles. The van der Waals surface area contributed by atoms with Crippen LogP contribution in [-0.4, -0.2) is 56.8 Å². The van der Waals surface area contributed by atoms with Crippen LogP contribution in [-0.2, 0) is 11.3 Å². The van der Waals surface area contributed by atoms with E-state index in [1.807, 2.05) is 35.1 Å². The summed E-state index contributed by atoms with van der Waals surface area (Å²) in [6.07, 6.45) is 5.86. The average Bonchev–Trinajstić information content (AvgIpc) is 3.43. The Morgan fingerprint density at radius 3 is 2.70 bits per heavy atom. The van der Waals surface area contributed by atoms with Gasteiger partial charge in [0.05, 0.1) is 29.6 Å². The van der Waals surface area contributed by atoms with Gasteiger partial charge >= 0.3 is 0 Å². The van der Waals surface area contributed by atoms with E-state index in [1.165, 1.54) is 11.8 Å². The van der Waals surface area contributed by atoms with E-state index in [-0.39, 0.29) is 17.6 Å². The molecule has 10 heteroatoms. The number of aromatic nitrogens is 5. The highest BCUT2D eigenvalue weighted by atomic mass is 35.5. The maximum atomic E-state index is 6.71. The predicted molar refractivity (Wildman–Crippen MR) is 130 cm³/mol. The molecule has 0 saturated carbocycles. The molecule has 8 nitrogen and oxygen atoms in total. The summed E-state index contributed by atoms with van der Waals surface area (Å²) in [4.78, 5) is 7.65. The molecule has 2 aliphatic rings. The lowest BCUT2D eigenvalue weighted by Gasteiger charge is -2.41. The zero-order valence-corrected chi connectivity index (χ0v) is 20.4. The zero-order chi connectivity index (χ0) is 23.0. The molecule has 4 heterocycles. The summed E-state index contributed by atoms with van der Waals surface area (Å²) in [7, 11) is 0. The van der Waals surface area contributed by atoms with Gasteiger partial charge in [0.15, 0.2) is 5.82 Å². The van der Waals surface area contributed by atoms with Crippen molar-refractivity contribution in [2.45, 2.75) is 55.4 Å². The lowest BCUT2D eigenvalue weighted by molar-refractivity contribution is 0.0974. The maximum absolute atomic E-state index is 6.71. The Hall–Kier alpha value is -2.20. The molecule has 33 heavy (non-hydrogen) atoms. The normalized spacial score (nSPS) is 22.2. The van der Waals surface area contributed by atoms with E-state index >= 15 is 0 Å². The summed E-state index contributed by atoms with van der Waals surface area (Å²) in [6.45, 7) is 7.45. The molecular weight excluding hydrogens is 458 g/mol. The largest absolute Gasteiger partial charge is 0.376 e. The molecule has 2 fully saturated rings. The first-order chi connectivity index (χ1) is 16.0. The van der Waals surface area contributed by atoms with E-state index < -0.39 is 0 Å². The van der Waals surface area contributed by atoms with Gasteiger partial charge in [-0.25, -0.2) is 4.98 Å². The van der Waals surface area contributed by atoms with Gasteiger partial charge in [-0.3, -0.25) is 4.68 Å². The minimum Gasteiger partial charge on any atom is -0.376 e. The topological polar surface area (TPSA) is 95.0 Å². The van der Waals surface area contributed by atoms with Gasteiger partial charge in [-0.2, -0.15) is 5.10 Å². The number of anilines is 1. The van der Waals surface area contributed by atoms with Crippen molar-refractivity contribution in [3.8, 4) is 11.3 Å². The number of hydrogen-bond donors (Lipinski definition) is 1. The summed E-state index contributed by atoms with van der Waals surface area (Å²) < 4.78 is 7.70. The number of halogens is 1. The number of rotatable bonds is 5. The summed E-state index contributed by atoms with van der Waals surface area (Å²) in [5.74, 6) is 0.791. The van der Waals surface area contributed by atoms with Crippen molar-refractivity contribution in [2.75, 3.05) is 24.6 Å². The van der Waals surface area contributed by atoms with Crippen molar-refractivity contribution >= 4 is 29.2 Å². The van der Waals surface area contributed by atoms with Gasteiger partial charge in [0.25, 0.3) is 0 Å². The maximum Gasteiger partial charge on any atom is 0.214 e. The van der Waals surface area contributed by atoms with Crippen LogP contribution < -0.4 is 10.6 Å². The van der Waals surface area contributed by atoms with Crippen molar-refractivity contribution < 1.29 is 4.74 Å². The van der Waals surface area contributed by atoms with Gasteiger partial charge in [0.2, 0.25) is 5.16 Å². The smallest absolute Gasteiger partial charge is 0.214 e. The van der Waals surface area contributed by atoms with Gasteiger partial charge in [-0.15, -0.1) is 10.2 Å². The van der Waals surface area contributed by atoms with Crippen molar-refractivity contribution in [2.24, 2.45) is 11.1 Å². The molecular formula is C23H28ClN7OS. The zero-order valence-electron chi connectivity index (χ0n) is 18.8. The van der Waals surface area contributed by atoms with Crippen LogP contribution >= 0.6 is 23.4 Å². The molecule has 2 N–H and O–H groups in total. The molecule has 2 saturated heterocycles. The number of hydrogen-bond acceptors (Lipinski definition) is 8. The Balaban J connectivity index is 1.26. The van der Waals surface area contributed by atoms with Crippen LogP contribution in [0.5, 0.6) is 0 Å². The average molecular weight is 486 g/mol. The summed E-state index contributed by atoms with van der Waals surface area (Å²) in [5, 5.41) is 14.6. The lowest BCUT2D eigenvalue weighted by atomic mass is 9.73. The molecule has 174 valence electrons. The second-order valence-electron chi connectivity index (χ2n) is 8.77. The SMILES string of the molecule is CCn1ccc(-c2cccc(Sc3ncc(N4CCC5(CC4)CO[C@@H](C)[C@H]5N)nn3)c2Cl)n1. The van der Waals surface area contributed by atoms with Crippen LogP contribution in [0.2, 0.25) is 5.02 Å². The minimum absolute atomic E-state index is 0.0846. The first-order valence-corrected chi connectivity index (χ1v) is 12.5. The van der Waals surface area contributed by atoms with E-state index in [4.69, 9.17) is 22.1 Å². The van der Waals surface area contributed by atoms with Crippen LogP contribution in [0.4, 0.5) is 5.82 Å². The number of nitrogens with two attached hydrogens (primary N) is 1. The lowest BCUT2D eigenvalue weighted by Crippen LogP contribution is -2.50. The Bertz CT molecular complexity index is 1110. The van der Waals surface area contributed by atoms with Crippen molar-refractivity contribution in [1.29, 1.82) is 0 Å². The van der Waals surface area contributed by atoms with Gasteiger partial charge in [0, 0.05) is 47.7 Å². The summed E-state index contributed by atoms with van der Waals surface area (Å²) in [5.41, 5.74) is 8.26. The Kier molecular flexibility index (Phi) is 6.30. The number of nitrogens with zero attached hydrogens (tertiary/aromatic N) is 6. The van der Waals surface area contributed by atoms with Crippen molar-refractivity contribution in [3.63, 3.8) is 0 Å². The second-order valence-corrected chi connectivity index (χ2v) is 10.2. The number of aryl methyl sites for hydroxylation is 1. The first-order valence-electron chi connectivity index (χ1n) is 11.3. The third kappa shape index (κ3) is 4.35. The second kappa shape index (κ2) is 9.21. The molecule has 2 aromatic heterocycles. The molecule has 1 spiro atoms. The molecule has 0 aliphatic carbocycles. The highest BCUT2D eigenvalue weighted by Crippen LogP contribution is 2.42. The van der Waals surface area contributed by atoms with Gasteiger partial charge in [-0.05, 0) is 50.6 Å². The van der Waals surface area contributed by atoms with E-state index in [2.05, 4.69) is 39.0 Å².